The van der Waals surface area contributed by atoms with E-state index >= 15 is 0 Å². The molecule has 152 valence electrons. The molecule has 0 aliphatic carbocycles. The van der Waals surface area contributed by atoms with Crippen LogP contribution in [0.4, 0.5) is 0 Å². The molecule has 7 nitrogen and oxygen atoms in total. The molecule has 29 heavy (non-hydrogen) atoms. The van der Waals surface area contributed by atoms with Gasteiger partial charge in [-0.25, -0.2) is 0 Å². The summed E-state index contributed by atoms with van der Waals surface area (Å²) in [6.07, 6.45) is 1.42. The minimum atomic E-state index is -0.553. The average Bonchev–Trinajstić information content (AvgIpc) is 2.73. The predicted octanol–water partition coefficient (Wildman–Crippen LogP) is 1.89. The van der Waals surface area contributed by atoms with E-state index in [0.29, 0.717) is 42.8 Å². The molecule has 0 spiro atoms. The number of nitrogens with two attached hydrogens (primary N) is 1. The van der Waals surface area contributed by atoms with Gasteiger partial charge in [0, 0.05) is 30.3 Å². The number of likely N-dealkylation sites (tertiary alicyclic amines) is 1. The number of carbonyl (C=O) groups excluding carboxylic acids is 3. The van der Waals surface area contributed by atoms with Crippen molar-refractivity contribution >= 4 is 17.7 Å². The highest BCUT2D eigenvalue weighted by Crippen LogP contribution is 2.18. The standard InChI is InChI=1S/C22H25N3O4/c1-15-4-2-3-5-19(15)21(27)24-17-10-12-25(13-11-17)22(28)16-6-8-18(9-7-16)29-14-20(23)26/h2-9,17H,10-14H2,1H3,(H2,23,26)(H,24,27). The number of amides is 3. The van der Waals surface area contributed by atoms with E-state index in [1.165, 1.54) is 0 Å². The Labute approximate surface area is 169 Å². The van der Waals surface area contributed by atoms with E-state index in [4.69, 9.17) is 10.5 Å². The van der Waals surface area contributed by atoms with Crippen LogP contribution in [-0.4, -0.2) is 48.4 Å². The van der Waals surface area contributed by atoms with E-state index in [9.17, 15) is 14.4 Å². The second-order valence-corrected chi connectivity index (χ2v) is 7.13. The molecule has 0 radical (unpaired) electrons. The average molecular weight is 395 g/mol. The Balaban J connectivity index is 1.51. The number of primary amides is 1. The first-order valence-corrected chi connectivity index (χ1v) is 9.61. The Morgan fingerprint density at radius 3 is 2.34 bits per heavy atom. The molecule has 3 rings (SSSR count). The molecule has 3 amide bonds. The Hall–Kier alpha value is -3.35. The summed E-state index contributed by atoms with van der Waals surface area (Å²) in [5.41, 5.74) is 7.23. The van der Waals surface area contributed by atoms with Crippen LogP contribution in [0.15, 0.2) is 48.5 Å². The summed E-state index contributed by atoms with van der Waals surface area (Å²) in [6.45, 7) is 2.88. The van der Waals surface area contributed by atoms with E-state index in [0.717, 1.165) is 5.56 Å². The van der Waals surface area contributed by atoms with Gasteiger partial charge in [-0.3, -0.25) is 14.4 Å². The number of carbonyl (C=O) groups is 3. The molecule has 1 fully saturated rings. The van der Waals surface area contributed by atoms with Crippen LogP contribution in [-0.2, 0) is 4.79 Å². The maximum Gasteiger partial charge on any atom is 0.255 e. The van der Waals surface area contributed by atoms with Crippen LogP contribution in [0.2, 0.25) is 0 Å². The number of ether oxygens (including phenoxy) is 1. The third-order valence-corrected chi connectivity index (χ3v) is 4.99. The summed E-state index contributed by atoms with van der Waals surface area (Å²) in [6, 6.07) is 14.2. The number of nitrogens with zero attached hydrogens (tertiary/aromatic N) is 1. The summed E-state index contributed by atoms with van der Waals surface area (Å²) in [7, 11) is 0. The largest absolute Gasteiger partial charge is 0.484 e. The molecule has 1 saturated heterocycles. The zero-order chi connectivity index (χ0) is 20.8. The molecule has 0 atom stereocenters. The fraction of sp³-hybridized carbons (Fsp3) is 0.318. The Bertz CT molecular complexity index is 887. The van der Waals surface area contributed by atoms with E-state index in [2.05, 4.69) is 5.32 Å². The van der Waals surface area contributed by atoms with E-state index < -0.39 is 5.91 Å². The van der Waals surface area contributed by atoms with Crippen molar-refractivity contribution in [2.24, 2.45) is 5.73 Å². The molecule has 0 aromatic heterocycles. The van der Waals surface area contributed by atoms with Gasteiger partial charge in [0.2, 0.25) is 0 Å². The van der Waals surface area contributed by atoms with Crippen molar-refractivity contribution in [1.29, 1.82) is 0 Å². The molecule has 0 saturated carbocycles. The highest BCUT2D eigenvalue weighted by Gasteiger charge is 2.25. The van der Waals surface area contributed by atoms with Gasteiger partial charge in [-0.15, -0.1) is 0 Å². The maximum absolute atomic E-state index is 12.7. The number of nitrogens with one attached hydrogen (secondary N) is 1. The van der Waals surface area contributed by atoms with Crippen LogP contribution in [0.1, 0.15) is 39.1 Å². The number of piperidine rings is 1. The molecule has 1 heterocycles. The van der Waals surface area contributed by atoms with Crippen molar-refractivity contribution in [3.63, 3.8) is 0 Å². The SMILES string of the molecule is Cc1ccccc1C(=O)NC1CCN(C(=O)c2ccc(OCC(N)=O)cc2)CC1. The quantitative estimate of drug-likeness (QED) is 0.780. The van der Waals surface area contributed by atoms with Crippen molar-refractivity contribution in [1.82, 2.24) is 10.2 Å². The molecule has 3 N–H and O–H groups in total. The number of aryl methyl sites for hydroxylation is 1. The lowest BCUT2D eigenvalue weighted by Crippen LogP contribution is -2.46. The molecule has 7 heteroatoms. The summed E-state index contributed by atoms with van der Waals surface area (Å²) in [5, 5.41) is 3.07. The van der Waals surface area contributed by atoms with Gasteiger partial charge in [0.15, 0.2) is 6.61 Å². The third-order valence-electron chi connectivity index (χ3n) is 4.99. The third kappa shape index (κ3) is 5.34. The topological polar surface area (TPSA) is 102 Å². The normalized spacial score (nSPS) is 14.3. The Morgan fingerprint density at radius 1 is 1.07 bits per heavy atom. The van der Waals surface area contributed by atoms with Gasteiger partial charge in [0.05, 0.1) is 0 Å². The van der Waals surface area contributed by atoms with Gasteiger partial charge in [0.25, 0.3) is 17.7 Å². The second kappa shape index (κ2) is 9.23. The van der Waals surface area contributed by atoms with Crippen LogP contribution in [0.3, 0.4) is 0 Å². The lowest BCUT2D eigenvalue weighted by atomic mass is 10.0. The molecule has 1 aliphatic heterocycles. The molecule has 2 aromatic rings. The molecule has 0 bridgehead atoms. The van der Waals surface area contributed by atoms with Crippen molar-refractivity contribution in [2.45, 2.75) is 25.8 Å². The lowest BCUT2D eigenvalue weighted by molar-refractivity contribution is -0.119. The monoisotopic (exact) mass is 395 g/mol. The number of rotatable bonds is 6. The van der Waals surface area contributed by atoms with Crippen LogP contribution < -0.4 is 15.8 Å². The van der Waals surface area contributed by atoms with Crippen LogP contribution >= 0.6 is 0 Å². The van der Waals surface area contributed by atoms with Gasteiger partial charge < -0.3 is 20.7 Å². The minimum absolute atomic E-state index is 0.0516. The highest BCUT2D eigenvalue weighted by molar-refractivity contribution is 5.96. The minimum Gasteiger partial charge on any atom is -0.484 e. The fourth-order valence-corrected chi connectivity index (χ4v) is 3.35. The van der Waals surface area contributed by atoms with E-state index in [1.54, 1.807) is 29.2 Å². The number of hydrogen-bond donors (Lipinski definition) is 2. The zero-order valence-corrected chi connectivity index (χ0v) is 16.4. The van der Waals surface area contributed by atoms with Gasteiger partial charge in [0.1, 0.15) is 5.75 Å². The Morgan fingerprint density at radius 2 is 1.72 bits per heavy atom. The van der Waals surface area contributed by atoms with Crippen LogP contribution in [0.5, 0.6) is 5.75 Å². The second-order valence-electron chi connectivity index (χ2n) is 7.13. The van der Waals surface area contributed by atoms with Crippen molar-refractivity contribution in [2.75, 3.05) is 19.7 Å². The Kier molecular flexibility index (Phi) is 6.49. The molecule has 2 aromatic carbocycles. The number of benzene rings is 2. The summed E-state index contributed by atoms with van der Waals surface area (Å²) in [5.74, 6) is -0.199. The van der Waals surface area contributed by atoms with Crippen LogP contribution in [0.25, 0.3) is 0 Å². The fourth-order valence-electron chi connectivity index (χ4n) is 3.35. The summed E-state index contributed by atoms with van der Waals surface area (Å²) >= 11 is 0. The lowest BCUT2D eigenvalue weighted by Gasteiger charge is -2.32. The maximum atomic E-state index is 12.7. The highest BCUT2D eigenvalue weighted by atomic mass is 16.5. The van der Waals surface area contributed by atoms with Crippen molar-refractivity contribution in [3.8, 4) is 5.75 Å². The van der Waals surface area contributed by atoms with E-state index in [-0.39, 0.29) is 24.5 Å². The van der Waals surface area contributed by atoms with Crippen molar-refractivity contribution < 1.29 is 19.1 Å². The molecule has 0 unspecified atom stereocenters. The first kappa shape index (κ1) is 20.4. The van der Waals surface area contributed by atoms with Gasteiger partial charge in [-0.1, -0.05) is 18.2 Å². The summed E-state index contributed by atoms with van der Waals surface area (Å²) in [4.78, 5) is 37.7. The van der Waals surface area contributed by atoms with Crippen molar-refractivity contribution in [3.05, 3.63) is 65.2 Å². The van der Waals surface area contributed by atoms with Crippen LogP contribution in [0, 0.1) is 6.92 Å². The first-order valence-electron chi connectivity index (χ1n) is 9.61. The smallest absolute Gasteiger partial charge is 0.255 e. The van der Waals surface area contributed by atoms with Gasteiger partial charge >= 0.3 is 0 Å². The predicted molar refractivity (Wildman–Crippen MR) is 109 cm³/mol. The zero-order valence-electron chi connectivity index (χ0n) is 16.4. The molecule has 1 aliphatic rings. The summed E-state index contributed by atoms with van der Waals surface area (Å²) < 4.78 is 5.20. The first-order chi connectivity index (χ1) is 13.9. The van der Waals surface area contributed by atoms with E-state index in [1.807, 2.05) is 31.2 Å². The molecular weight excluding hydrogens is 370 g/mol. The number of hydrogen-bond acceptors (Lipinski definition) is 4. The van der Waals surface area contributed by atoms with Gasteiger partial charge in [-0.05, 0) is 55.7 Å². The molecular formula is C22H25N3O4. The van der Waals surface area contributed by atoms with Gasteiger partial charge in [-0.2, -0.15) is 0 Å².